The van der Waals surface area contributed by atoms with Crippen LogP contribution in [0.5, 0.6) is 5.75 Å². The SMILES string of the molecule is COc1csc(C(=O)N2CC(=O)N(C(C)C)C(C)(C)C2)c1. The number of carbonyl (C=O) groups excluding carboxylic acids is 2. The molecule has 2 rings (SSSR count). The summed E-state index contributed by atoms with van der Waals surface area (Å²) in [6.07, 6.45) is 0. The largest absolute Gasteiger partial charge is 0.496 e. The maximum Gasteiger partial charge on any atom is 0.264 e. The Balaban J connectivity index is 2.19. The molecule has 0 spiro atoms. The molecule has 1 aromatic rings. The summed E-state index contributed by atoms with van der Waals surface area (Å²) in [4.78, 5) is 29.0. The third-order valence-electron chi connectivity index (χ3n) is 3.65. The number of ether oxygens (including phenoxy) is 1. The summed E-state index contributed by atoms with van der Waals surface area (Å²) in [5, 5.41) is 1.80. The van der Waals surface area contributed by atoms with Gasteiger partial charge in [-0.3, -0.25) is 9.59 Å². The Morgan fingerprint density at radius 1 is 1.43 bits per heavy atom. The molecule has 1 aliphatic heterocycles. The molecule has 2 amide bonds. The summed E-state index contributed by atoms with van der Waals surface area (Å²) < 4.78 is 5.11. The highest BCUT2D eigenvalue weighted by atomic mass is 32.1. The van der Waals surface area contributed by atoms with Gasteiger partial charge < -0.3 is 14.5 Å². The minimum absolute atomic E-state index is 0.00174. The average molecular weight is 310 g/mol. The van der Waals surface area contributed by atoms with Crippen molar-refractivity contribution < 1.29 is 14.3 Å². The third-order valence-corrected chi connectivity index (χ3v) is 4.55. The monoisotopic (exact) mass is 310 g/mol. The first kappa shape index (κ1) is 15.8. The minimum Gasteiger partial charge on any atom is -0.496 e. The van der Waals surface area contributed by atoms with E-state index in [0.717, 1.165) is 0 Å². The van der Waals surface area contributed by atoms with Crippen LogP contribution in [0.1, 0.15) is 37.4 Å². The van der Waals surface area contributed by atoms with Gasteiger partial charge in [0.05, 0.1) is 17.5 Å². The van der Waals surface area contributed by atoms with Crippen molar-refractivity contribution in [1.82, 2.24) is 9.80 Å². The molecule has 1 fully saturated rings. The number of rotatable bonds is 3. The molecule has 0 N–H and O–H groups in total. The Kier molecular flexibility index (Phi) is 4.27. The maximum absolute atomic E-state index is 12.5. The van der Waals surface area contributed by atoms with Crippen LogP contribution < -0.4 is 4.74 Å². The highest BCUT2D eigenvalue weighted by Crippen LogP contribution is 2.28. The molecule has 6 heteroatoms. The van der Waals surface area contributed by atoms with Crippen molar-refractivity contribution in [2.45, 2.75) is 39.3 Å². The summed E-state index contributed by atoms with van der Waals surface area (Å²) in [6.45, 7) is 8.68. The van der Waals surface area contributed by atoms with Gasteiger partial charge in [-0.05, 0) is 27.7 Å². The van der Waals surface area contributed by atoms with Crippen molar-refractivity contribution in [3.8, 4) is 5.75 Å². The molecule has 1 saturated heterocycles. The van der Waals surface area contributed by atoms with E-state index < -0.39 is 0 Å². The second kappa shape index (κ2) is 5.67. The van der Waals surface area contributed by atoms with E-state index in [1.807, 2.05) is 32.6 Å². The van der Waals surface area contributed by atoms with Crippen LogP contribution in [0.25, 0.3) is 0 Å². The first-order chi connectivity index (χ1) is 9.76. The molecule has 0 saturated carbocycles. The molecule has 21 heavy (non-hydrogen) atoms. The fourth-order valence-electron chi connectivity index (χ4n) is 3.00. The number of carbonyl (C=O) groups is 2. The summed E-state index contributed by atoms with van der Waals surface area (Å²) in [5.41, 5.74) is -0.361. The van der Waals surface area contributed by atoms with Gasteiger partial charge in [-0.15, -0.1) is 11.3 Å². The van der Waals surface area contributed by atoms with Gasteiger partial charge in [0.25, 0.3) is 5.91 Å². The lowest BCUT2D eigenvalue weighted by Gasteiger charge is -2.48. The van der Waals surface area contributed by atoms with Crippen LogP contribution in [-0.4, -0.2) is 53.4 Å². The van der Waals surface area contributed by atoms with Crippen LogP contribution >= 0.6 is 11.3 Å². The van der Waals surface area contributed by atoms with Gasteiger partial charge in [-0.1, -0.05) is 0 Å². The van der Waals surface area contributed by atoms with E-state index in [0.29, 0.717) is 17.2 Å². The number of hydrogen-bond acceptors (Lipinski definition) is 4. The van der Waals surface area contributed by atoms with Crippen molar-refractivity contribution in [3.63, 3.8) is 0 Å². The molecule has 0 aliphatic carbocycles. The van der Waals surface area contributed by atoms with E-state index in [1.165, 1.54) is 11.3 Å². The third kappa shape index (κ3) is 3.05. The number of amides is 2. The second-order valence-corrected chi connectivity index (χ2v) is 7.09. The molecule has 116 valence electrons. The minimum atomic E-state index is -0.361. The summed E-state index contributed by atoms with van der Waals surface area (Å²) >= 11 is 1.34. The lowest BCUT2D eigenvalue weighted by atomic mass is 9.96. The topological polar surface area (TPSA) is 49.9 Å². The van der Waals surface area contributed by atoms with Crippen molar-refractivity contribution in [3.05, 3.63) is 16.3 Å². The van der Waals surface area contributed by atoms with Crippen LogP contribution in [-0.2, 0) is 4.79 Å². The molecule has 1 aliphatic rings. The van der Waals surface area contributed by atoms with E-state index in [1.54, 1.807) is 23.5 Å². The standard InChI is InChI=1S/C15H22N2O3S/c1-10(2)17-13(18)7-16(9-15(17,3)4)14(19)12-6-11(20-5)8-21-12/h6,8,10H,7,9H2,1-5H3. The fourth-order valence-corrected chi connectivity index (χ4v) is 3.82. The Labute approximate surface area is 129 Å². The lowest BCUT2D eigenvalue weighted by molar-refractivity contribution is -0.146. The van der Waals surface area contributed by atoms with Crippen LogP contribution in [0, 0.1) is 0 Å². The lowest BCUT2D eigenvalue weighted by Crippen LogP contribution is -2.64. The van der Waals surface area contributed by atoms with Crippen molar-refractivity contribution in [2.75, 3.05) is 20.2 Å². The van der Waals surface area contributed by atoms with Gasteiger partial charge in [-0.25, -0.2) is 0 Å². The van der Waals surface area contributed by atoms with Gasteiger partial charge in [0.2, 0.25) is 5.91 Å². The quantitative estimate of drug-likeness (QED) is 0.860. The zero-order valence-electron chi connectivity index (χ0n) is 13.2. The van der Waals surface area contributed by atoms with Crippen LogP contribution in [0.2, 0.25) is 0 Å². The van der Waals surface area contributed by atoms with Gasteiger partial charge in [-0.2, -0.15) is 0 Å². The van der Waals surface area contributed by atoms with Gasteiger partial charge >= 0.3 is 0 Å². The van der Waals surface area contributed by atoms with Gasteiger partial charge in [0.15, 0.2) is 0 Å². The summed E-state index contributed by atoms with van der Waals surface area (Å²) in [6, 6.07) is 1.85. The van der Waals surface area contributed by atoms with E-state index in [2.05, 4.69) is 0 Å². The van der Waals surface area contributed by atoms with E-state index in [9.17, 15) is 9.59 Å². The number of methoxy groups -OCH3 is 1. The molecule has 2 heterocycles. The molecule has 1 aromatic heterocycles. The molecule has 0 aromatic carbocycles. The molecule has 0 bridgehead atoms. The van der Waals surface area contributed by atoms with Crippen LogP contribution in [0.4, 0.5) is 0 Å². The zero-order valence-corrected chi connectivity index (χ0v) is 14.0. The Morgan fingerprint density at radius 3 is 2.57 bits per heavy atom. The molecule has 0 atom stereocenters. The highest BCUT2D eigenvalue weighted by Gasteiger charge is 2.41. The maximum atomic E-state index is 12.5. The van der Waals surface area contributed by atoms with Crippen molar-refractivity contribution >= 4 is 23.2 Å². The van der Waals surface area contributed by atoms with Crippen LogP contribution in [0.15, 0.2) is 11.4 Å². The molecule has 0 radical (unpaired) electrons. The number of thiophene rings is 1. The van der Waals surface area contributed by atoms with Crippen molar-refractivity contribution in [2.24, 2.45) is 0 Å². The van der Waals surface area contributed by atoms with E-state index >= 15 is 0 Å². The fraction of sp³-hybridized carbons (Fsp3) is 0.600. The molecular weight excluding hydrogens is 288 g/mol. The van der Waals surface area contributed by atoms with Gasteiger partial charge in [0.1, 0.15) is 12.3 Å². The highest BCUT2D eigenvalue weighted by molar-refractivity contribution is 7.12. The van der Waals surface area contributed by atoms with E-state index in [4.69, 9.17) is 4.74 Å². The number of piperazine rings is 1. The molecular formula is C15H22N2O3S. The zero-order chi connectivity index (χ0) is 15.8. The first-order valence-corrected chi connectivity index (χ1v) is 7.88. The van der Waals surface area contributed by atoms with Gasteiger partial charge in [0, 0.05) is 24.0 Å². The Bertz CT molecular complexity index is 551. The Morgan fingerprint density at radius 2 is 2.10 bits per heavy atom. The summed E-state index contributed by atoms with van der Waals surface area (Å²) in [5.74, 6) is 0.570. The second-order valence-electron chi connectivity index (χ2n) is 6.18. The average Bonchev–Trinajstić information content (AvgIpc) is 2.83. The number of hydrogen-bond donors (Lipinski definition) is 0. The van der Waals surface area contributed by atoms with E-state index in [-0.39, 0.29) is 29.9 Å². The molecule has 0 unspecified atom stereocenters. The Hall–Kier alpha value is -1.56. The normalized spacial score (nSPS) is 18.3. The smallest absolute Gasteiger partial charge is 0.264 e. The first-order valence-electron chi connectivity index (χ1n) is 7.00. The van der Waals surface area contributed by atoms with Crippen LogP contribution in [0.3, 0.4) is 0 Å². The van der Waals surface area contributed by atoms with Crippen molar-refractivity contribution in [1.29, 1.82) is 0 Å². The summed E-state index contributed by atoms with van der Waals surface area (Å²) in [7, 11) is 1.57. The predicted octanol–water partition coefficient (Wildman–Crippen LogP) is 2.23. The predicted molar refractivity (Wildman–Crippen MR) is 82.8 cm³/mol. The molecule has 5 nitrogen and oxygen atoms in total. The number of nitrogens with zero attached hydrogens (tertiary/aromatic N) is 2.